The summed E-state index contributed by atoms with van der Waals surface area (Å²) in [5.41, 5.74) is 4.86. The molecule has 1 heterocycles. The number of aromatic nitrogens is 2. The predicted molar refractivity (Wildman–Crippen MR) is 102 cm³/mol. The molecule has 0 aliphatic heterocycles. The van der Waals surface area contributed by atoms with Crippen LogP contribution in [0.2, 0.25) is 0 Å². The molecule has 1 aromatic heterocycles. The second-order valence-corrected chi connectivity index (χ2v) is 5.92. The molecule has 126 valence electrons. The van der Waals surface area contributed by atoms with Gasteiger partial charge in [0.15, 0.2) is 0 Å². The van der Waals surface area contributed by atoms with Crippen LogP contribution >= 0.6 is 0 Å². The molecule has 4 heteroatoms. The highest BCUT2D eigenvalue weighted by atomic mass is 16.4. The van der Waals surface area contributed by atoms with Crippen molar-refractivity contribution in [3.63, 3.8) is 0 Å². The number of H-pyrrole nitrogens is 1. The average Bonchev–Trinajstić information content (AvgIpc) is 3.15. The minimum atomic E-state index is -0.936. The Bertz CT molecular complexity index is 1040. The van der Waals surface area contributed by atoms with E-state index in [4.69, 9.17) is 10.1 Å². The van der Waals surface area contributed by atoms with E-state index in [1.807, 2.05) is 60.7 Å². The Labute approximate surface area is 150 Å². The number of nitrogens with one attached hydrogen (secondary N) is 1. The van der Waals surface area contributed by atoms with Crippen molar-refractivity contribution in [2.24, 2.45) is 0 Å². The fraction of sp³-hybridized carbons (Fsp3) is 0. The Kier molecular flexibility index (Phi) is 4.07. The standard InChI is InChI=1S/C22H16N2O2/c25-22(26)18-13-11-16(12-14-18)20-19(15-7-3-1-4-8-15)23-21(24-20)17-9-5-2-6-10-17/h1-14H,(H,23,24)(H,25,26). The van der Waals surface area contributed by atoms with E-state index in [0.717, 1.165) is 33.9 Å². The lowest BCUT2D eigenvalue weighted by Gasteiger charge is -2.04. The maximum absolute atomic E-state index is 11.1. The fourth-order valence-electron chi connectivity index (χ4n) is 2.90. The monoisotopic (exact) mass is 340 g/mol. The summed E-state index contributed by atoms with van der Waals surface area (Å²) in [6.07, 6.45) is 0. The van der Waals surface area contributed by atoms with Gasteiger partial charge in [0, 0.05) is 16.7 Å². The van der Waals surface area contributed by atoms with Crippen LogP contribution in [0.3, 0.4) is 0 Å². The van der Waals surface area contributed by atoms with E-state index in [1.165, 1.54) is 0 Å². The van der Waals surface area contributed by atoms with Gasteiger partial charge >= 0.3 is 5.97 Å². The van der Waals surface area contributed by atoms with Crippen molar-refractivity contribution in [3.05, 3.63) is 90.5 Å². The molecule has 0 unspecified atom stereocenters. The minimum Gasteiger partial charge on any atom is -0.478 e. The van der Waals surface area contributed by atoms with Crippen molar-refractivity contribution in [1.29, 1.82) is 0 Å². The average molecular weight is 340 g/mol. The van der Waals surface area contributed by atoms with E-state index in [2.05, 4.69) is 4.98 Å². The zero-order valence-electron chi connectivity index (χ0n) is 13.9. The number of carboxylic acids is 1. The largest absolute Gasteiger partial charge is 0.478 e. The number of aromatic amines is 1. The Morgan fingerprint density at radius 3 is 1.88 bits per heavy atom. The highest BCUT2D eigenvalue weighted by molar-refractivity contribution is 5.89. The summed E-state index contributed by atoms with van der Waals surface area (Å²) >= 11 is 0. The van der Waals surface area contributed by atoms with Crippen LogP contribution in [-0.4, -0.2) is 21.0 Å². The van der Waals surface area contributed by atoms with Gasteiger partial charge in [0.2, 0.25) is 0 Å². The van der Waals surface area contributed by atoms with Crippen LogP contribution in [0, 0.1) is 0 Å². The smallest absolute Gasteiger partial charge is 0.335 e. The molecule has 0 bridgehead atoms. The van der Waals surface area contributed by atoms with Crippen LogP contribution < -0.4 is 0 Å². The first-order chi connectivity index (χ1) is 12.7. The summed E-state index contributed by atoms with van der Waals surface area (Å²) in [7, 11) is 0. The van der Waals surface area contributed by atoms with Crippen molar-refractivity contribution < 1.29 is 9.90 Å². The van der Waals surface area contributed by atoms with E-state index in [-0.39, 0.29) is 5.56 Å². The molecule has 4 nitrogen and oxygen atoms in total. The SMILES string of the molecule is O=C(O)c1ccc(-c2[nH]c(-c3ccccc3)nc2-c2ccccc2)cc1. The molecular formula is C22H16N2O2. The Balaban J connectivity index is 1.87. The summed E-state index contributed by atoms with van der Waals surface area (Å²) in [4.78, 5) is 19.3. The summed E-state index contributed by atoms with van der Waals surface area (Å²) in [5, 5.41) is 9.11. The third kappa shape index (κ3) is 3.00. The maximum Gasteiger partial charge on any atom is 0.335 e. The number of nitrogens with zero attached hydrogens (tertiary/aromatic N) is 1. The third-order valence-corrected chi connectivity index (χ3v) is 4.22. The van der Waals surface area contributed by atoms with Gasteiger partial charge in [0.05, 0.1) is 17.0 Å². The normalized spacial score (nSPS) is 10.6. The van der Waals surface area contributed by atoms with Gasteiger partial charge in [-0.25, -0.2) is 9.78 Å². The number of hydrogen-bond donors (Lipinski definition) is 2. The van der Waals surface area contributed by atoms with Gasteiger partial charge in [0.25, 0.3) is 0 Å². The van der Waals surface area contributed by atoms with Crippen LogP contribution in [0.1, 0.15) is 10.4 Å². The number of benzene rings is 3. The second-order valence-electron chi connectivity index (χ2n) is 5.92. The molecule has 0 saturated heterocycles. The lowest BCUT2D eigenvalue weighted by atomic mass is 10.0. The van der Waals surface area contributed by atoms with Gasteiger partial charge in [0.1, 0.15) is 5.82 Å². The predicted octanol–water partition coefficient (Wildman–Crippen LogP) is 5.11. The third-order valence-electron chi connectivity index (χ3n) is 4.22. The molecule has 0 atom stereocenters. The quantitative estimate of drug-likeness (QED) is 0.542. The van der Waals surface area contributed by atoms with Gasteiger partial charge in [-0.3, -0.25) is 0 Å². The van der Waals surface area contributed by atoms with Crippen molar-refractivity contribution in [2.45, 2.75) is 0 Å². The van der Waals surface area contributed by atoms with E-state index in [1.54, 1.807) is 24.3 Å². The second kappa shape index (κ2) is 6.69. The van der Waals surface area contributed by atoms with Crippen LogP contribution in [0.25, 0.3) is 33.9 Å². The lowest BCUT2D eigenvalue weighted by Crippen LogP contribution is -1.95. The number of carbonyl (C=O) groups is 1. The van der Waals surface area contributed by atoms with Crippen molar-refractivity contribution >= 4 is 5.97 Å². The maximum atomic E-state index is 11.1. The first kappa shape index (κ1) is 15.8. The molecule has 4 aromatic rings. The summed E-state index contributed by atoms with van der Waals surface area (Å²) < 4.78 is 0. The highest BCUT2D eigenvalue weighted by Crippen LogP contribution is 2.33. The summed E-state index contributed by atoms with van der Waals surface area (Å²) in [6, 6.07) is 26.7. The Hall–Kier alpha value is -3.66. The zero-order valence-corrected chi connectivity index (χ0v) is 13.9. The molecule has 0 spiro atoms. The molecule has 3 aromatic carbocycles. The van der Waals surface area contributed by atoms with E-state index in [9.17, 15) is 4.79 Å². The van der Waals surface area contributed by atoms with Crippen LogP contribution in [0.15, 0.2) is 84.9 Å². The van der Waals surface area contributed by atoms with Gasteiger partial charge in [-0.15, -0.1) is 0 Å². The van der Waals surface area contributed by atoms with Gasteiger partial charge in [-0.2, -0.15) is 0 Å². The molecule has 0 aliphatic rings. The molecule has 0 saturated carbocycles. The van der Waals surface area contributed by atoms with Gasteiger partial charge < -0.3 is 10.1 Å². The van der Waals surface area contributed by atoms with Crippen LogP contribution in [0.5, 0.6) is 0 Å². The van der Waals surface area contributed by atoms with Crippen molar-refractivity contribution in [3.8, 4) is 33.9 Å². The van der Waals surface area contributed by atoms with Crippen LogP contribution in [0.4, 0.5) is 0 Å². The summed E-state index contributed by atoms with van der Waals surface area (Å²) in [5.74, 6) is -0.156. The number of carboxylic acid groups (broad SMARTS) is 1. The molecule has 0 fully saturated rings. The molecular weight excluding hydrogens is 324 g/mol. The summed E-state index contributed by atoms with van der Waals surface area (Å²) in [6.45, 7) is 0. The first-order valence-electron chi connectivity index (χ1n) is 8.27. The van der Waals surface area contributed by atoms with E-state index >= 15 is 0 Å². The molecule has 4 rings (SSSR count). The van der Waals surface area contributed by atoms with Gasteiger partial charge in [-0.1, -0.05) is 72.8 Å². The molecule has 0 radical (unpaired) electrons. The first-order valence-corrected chi connectivity index (χ1v) is 8.27. The fourth-order valence-corrected chi connectivity index (χ4v) is 2.90. The molecule has 2 N–H and O–H groups in total. The number of imidazole rings is 1. The van der Waals surface area contributed by atoms with E-state index < -0.39 is 5.97 Å². The number of rotatable bonds is 4. The Morgan fingerprint density at radius 2 is 1.31 bits per heavy atom. The van der Waals surface area contributed by atoms with Gasteiger partial charge in [-0.05, 0) is 12.1 Å². The van der Waals surface area contributed by atoms with Crippen molar-refractivity contribution in [1.82, 2.24) is 9.97 Å². The zero-order chi connectivity index (χ0) is 17.9. The minimum absolute atomic E-state index is 0.262. The van der Waals surface area contributed by atoms with Crippen LogP contribution in [-0.2, 0) is 0 Å². The van der Waals surface area contributed by atoms with Crippen molar-refractivity contribution in [2.75, 3.05) is 0 Å². The number of hydrogen-bond acceptors (Lipinski definition) is 2. The molecule has 26 heavy (non-hydrogen) atoms. The lowest BCUT2D eigenvalue weighted by molar-refractivity contribution is 0.0697. The van der Waals surface area contributed by atoms with E-state index in [0.29, 0.717) is 0 Å². The highest BCUT2D eigenvalue weighted by Gasteiger charge is 2.15. The molecule has 0 amide bonds. The number of aromatic carboxylic acids is 1. The molecule has 0 aliphatic carbocycles. The topological polar surface area (TPSA) is 66.0 Å². The Morgan fingerprint density at radius 1 is 0.731 bits per heavy atom.